The van der Waals surface area contributed by atoms with Gasteiger partial charge in [-0.25, -0.2) is 0 Å². The van der Waals surface area contributed by atoms with Crippen LogP contribution in [0, 0.1) is 0 Å². The Labute approximate surface area is 90.0 Å². The first-order chi connectivity index (χ1) is 6.97. The van der Waals surface area contributed by atoms with Crippen LogP contribution in [0.4, 0.5) is 0 Å². The Morgan fingerprint density at radius 1 is 1.14 bits per heavy atom. The zero-order valence-corrected chi connectivity index (χ0v) is 8.96. The van der Waals surface area contributed by atoms with Gasteiger partial charge < -0.3 is 0 Å². The third kappa shape index (κ3) is 2.37. The van der Waals surface area contributed by atoms with E-state index in [4.69, 9.17) is 0 Å². The predicted octanol–water partition coefficient (Wildman–Crippen LogP) is 3.44. The standard InChI is InChI=1S/C7H5NS.C3H3NS/c1-2-4-7-6(3-1)5-8-9-7;1-2-5-3-4-1/h1-5H;1-3H. The second kappa shape index (κ2) is 4.83. The van der Waals surface area contributed by atoms with E-state index < -0.39 is 0 Å². The van der Waals surface area contributed by atoms with Gasteiger partial charge in [0.2, 0.25) is 0 Å². The molecule has 0 aliphatic rings. The van der Waals surface area contributed by atoms with Crippen LogP contribution in [-0.2, 0) is 0 Å². The minimum Gasteiger partial charge on any atom is -0.253 e. The van der Waals surface area contributed by atoms with E-state index in [1.165, 1.54) is 21.6 Å². The van der Waals surface area contributed by atoms with Crippen LogP contribution < -0.4 is 0 Å². The molecule has 0 atom stereocenters. The first-order valence-corrected chi connectivity index (χ1v) is 5.80. The first-order valence-electron chi connectivity index (χ1n) is 4.08. The highest BCUT2D eigenvalue weighted by atomic mass is 32.1. The normalized spacial score (nSPS) is 9.43. The summed E-state index contributed by atoms with van der Waals surface area (Å²) in [6.45, 7) is 0. The summed E-state index contributed by atoms with van der Waals surface area (Å²) in [5, 5.41) is 3.17. The first kappa shape index (κ1) is 9.30. The third-order valence-electron chi connectivity index (χ3n) is 1.61. The fraction of sp³-hybridized carbons (Fsp3) is 0. The van der Waals surface area contributed by atoms with E-state index in [0.717, 1.165) is 0 Å². The molecule has 3 aromatic rings. The van der Waals surface area contributed by atoms with Gasteiger partial charge in [-0.3, -0.25) is 4.98 Å². The molecule has 2 heterocycles. The molecule has 0 radical (unpaired) electrons. The molecular formula is C10H8N2S2. The van der Waals surface area contributed by atoms with Crippen molar-refractivity contribution in [2.45, 2.75) is 0 Å². The van der Waals surface area contributed by atoms with E-state index >= 15 is 0 Å². The van der Waals surface area contributed by atoms with Crippen molar-refractivity contribution in [3.05, 3.63) is 47.5 Å². The average molecular weight is 220 g/mol. The maximum Gasteiger partial charge on any atom is 0.0791 e. The zero-order chi connectivity index (χ0) is 9.64. The van der Waals surface area contributed by atoms with Gasteiger partial charge in [-0.2, -0.15) is 4.37 Å². The van der Waals surface area contributed by atoms with Crippen molar-refractivity contribution in [3.63, 3.8) is 0 Å². The molecule has 0 aliphatic carbocycles. The van der Waals surface area contributed by atoms with Crippen molar-refractivity contribution in [1.82, 2.24) is 9.36 Å². The molecule has 14 heavy (non-hydrogen) atoms. The molecule has 2 nitrogen and oxygen atoms in total. The lowest BCUT2D eigenvalue weighted by atomic mass is 10.3. The molecular weight excluding hydrogens is 212 g/mol. The number of thiazole rings is 1. The summed E-state index contributed by atoms with van der Waals surface area (Å²) < 4.78 is 5.30. The van der Waals surface area contributed by atoms with E-state index in [9.17, 15) is 0 Å². The molecule has 0 fully saturated rings. The van der Waals surface area contributed by atoms with Crippen molar-refractivity contribution < 1.29 is 0 Å². The number of fused-ring (bicyclic) bond motifs is 1. The third-order valence-corrected chi connectivity index (χ3v) is 2.91. The predicted molar refractivity (Wildman–Crippen MR) is 61.7 cm³/mol. The Morgan fingerprint density at radius 3 is 2.71 bits per heavy atom. The highest BCUT2D eigenvalue weighted by Gasteiger charge is 1.89. The molecule has 2 aromatic heterocycles. The smallest absolute Gasteiger partial charge is 0.0791 e. The van der Waals surface area contributed by atoms with E-state index in [0.29, 0.717) is 0 Å². The summed E-state index contributed by atoms with van der Waals surface area (Å²) in [7, 11) is 0. The van der Waals surface area contributed by atoms with Gasteiger partial charge >= 0.3 is 0 Å². The molecule has 0 saturated carbocycles. The Morgan fingerprint density at radius 2 is 2.07 bits per heavy atom. The van der Waals surface area contributed by atoms with Gasteiger partial charge in [0.05, 0.1) is 10.2 Å². The van der Waals surface area contributed by atoms with Crippen LogP contribution in [0.15, 0.2) is 47.5 Å². The largest absolute Gasteiger partial charge is 0.253 e. The maximum atomic E-state index is 4.04. The number of rotatable bonds is 0. The summed E-state index contributed by atoms with van der Waals surface area (Å²) in [5.74, 6) is 0. The van der Waals surface area contributed by atoms with Crippen molar-refractivity contribution in [3.8, 4) is 0 Å². The van der Waals surface area contributed by atoms with Gasteiger partial charge in [0.15, 0.2) is 0 Å². The molecule has 3 rings (SSSR count). The fourth-order valence-electron chi connectivity index (χ4n) is 0.986. The van der Waals surface area contributed by atoms with Crippen LogP contribution in [0.2, 0.25) is 0 Å². The molecule has 0 spiro atoms. The second-order valence-electron chi connectivity index (χ2n) is 2.54. The summed E-state index contributed by atoms with van der Waals surface area (Å²) in [6, 6.07) is 8.20. The maximum absolute atomic E-state index is 4.04. The Kier molecular flexibility index (Phi) is 3.21. The zero-order valence-electron chi connectivity index (χ0n) is 7.33. The molecule has 4 heteroatoms. The molecule has 0 amide bonds. The van der Waals surface area contributed by atoms with Crippen molar-refractivity contribution >= 4 is 33.0 Å². The van der Waals surface area contributed by atoms with Crippen LogP contribution in [0.5, 0.6) is 0 Å². The quantitative estimate of drug-likeness (QED) is 0.580. The number of benzene rings is 1. The Bertz CT molecular complexity index is 426. The Hall–Kier alpha value is -1.26. The number of hydrogen-bond acceptors (Lipinski definition) is 4. The van der Waals surface area contributed by atoms with Gasteiger partial charge in [0.1, 0.15) is 0 Å². The molecule has 1 aromatic carbocycles. The van der Waals surface area contributed by atoms with E-state index in [1.54, 1.807) is 23.0 Å². The lowest BCUT2D eigenvalue weighted by Gasteiger charge is -1.80. The topological polar surface area (TPSA) is 25.8 Å². The second-order valence-corrected chi connectivity index (χ2v) is 4.13. The minimum atomic E-state index is 1.24. The summed E-state index contributed by atoms with van der Waals surface area (Å²) >= 11 is 3.14. The van der Waals surface area contributed by atoms with E-state index in [1.807, 2.05) is 23.7 Å². The minimum absolute atomic E-state index is 1.24. The van der Waals surface area contributed by atoms with Crippen molar-refractivity contribution in [2.75, 3.05) is 0 Å². The molecule has 0 aliphatic heterocycles. The van der Waals surface area contributed by atoms with Crippen LogP contribution in [0.3, 0.4) is 0 Å². The van der Waals surface area contributed by atoms with E-state index in [2.05, 4.69) is 21.5 Å². The van der Waals surface area contributed by atoms with Gasteiger partial charge in [0, 0.05) is 23.2 Å². The summed E-state index contributed by atoms with van der Waals surface area (Å²) in [5.41, 5.74) is 1.79. The SMILES string of the molecule is c1ccc2sncc2c1.c1cscn1. The molecule has 70 valence electrons. The number of nitrogens with zero attached hydrogens (tertiary/aromatic N) is 2. The van der Waals surface area contributed by atoms with Gasteiger partial charge in [0.25, 0.3) is 0 Å². The molecule has 0 N–H and O–H groups in total. The van der Waals surface area contributed by atoms with Crippen LogP contribution >= 0.6 is 22.9 Å². The monoisotopic (exact) mass is 220 g/mol. The van der Waals surface area contributed by atoms with Crippen LogP contribution in [0.25, 0.3) is 10.1 Å². The van der Waals surface area contributed by atoms with Gasteiger partial charge in [-0.1, -0.05) is 18.2 Å². The number of hydrogen-bond donors (Lipinski definition) is 0. The molecule has 0 unspecified atom stereocenters. The van der Waals surface area contributed by atoms with Crippen LogP contribution in [-0.4, -0.2) is 9.36 Å². The van der Waals surface area contributed by atoms with Crippen LogP contribution in [0.1, 0.15) is 0 Å². The average Bonchev–Trinajstić information content (AvgIpc) is 2.92. The molecule has 0 bridgehead atoms. The lowest BCUT2D eigenvalue weighted by Crippen LogP contribution is -1.56. The Balaban J connectivity index is 0.000000128. The number of aromatic nitrogens is 2. The van der Waals surface area contributed by atoms with Gasteiger partial charge in [-0.05, 0) is 17.6 Å². The van der Waals surface area contributed by atoms with Gasteiger partial charge in [-0.15, -0.1) is 11.3 Å². The van der Waals surface area contributed by atoms with Crippen molar-refractivity contribution in [2.24, 2.45) is 0 Å². The summed E-state index contributed by atoms with van der Waals surface area (Å²) in [4.78, 5) is 3.74. The fourth-order valence-corrected chi connectivity index (χ4v) is 1.98. The highest BCUT2D eigenvalue weighted by molar-refractivity contribution is 7.13. The lowest BCUT2D eigenvalue weighted by molar-refractivity contribution is 1.43. The van der Waals surface area contributed by atoms with Crippen molar-refractivity contribution in [1.29, 1.82) is 0 Å². The molecule has 0 saturated heterocycles. The van der Waals surface area contributed by atoms with E-state index in [-0.39, 0.29) is 0 Å². The summed E-state index contributed by atoms with van der Waals surface area (Å²) in [6.07, 6.45) is 3.66. The highest BCUT2D eigenvalue weighted by Crippen LogP contribution is 2.15.